The first kappa shape index (κ1) is 16.3. The van der Waals surface area contributed by atoms with Gasteiger partial charge < -0.3 is 14.8 Å². The van der Waals surface area contributed by atoms with Crippen LogP contribution in [0, 0.1) is 0 Å². The Morgan fingerprint density at radius 3 is 2.79 bits per heavy atom. The fourth-order valence-electron chi connectivity index (χ4n) is 4.51. The molecule has 5 nitrogen and oxygen atoms in total. The summed E-state index contributed by atoms with van der Waals surface area (Å²) in [5.74, 6) is 0.899. The molecule has 5 heteroatoms. The maximum absolute atomic E-state index is 6.23. The lowest BCUT2D eigenvalue weighted by Crippen LogP contribution is -2.54. The van der Waals surface area contributed by atoms with E-state index in [1.54, 1.807) is 6.20 Å². The fraction of sp³-hybridized carbons (Fsp3) is 0.737. The third-order valence-electron chi connectivity index (χ3n) is 5.91. The van der Waals surface area contributed by atoms with E-state index in [0.29, 0.717) is 12.1 Å². The van der Waals surface area contributed by atoms with Crippen molar-refractivity contribution in [3.63, 3.8) is 0 Å². The molecule has 1 aromatic heterocycles. The molecule has 3 aliphatic heterocycles. The summed E-state index contributed by atoms with van der Waals surface area (Å²) in [4.78, 5) is 6.82. The van der Waals surface area contributed by atoms with Gasteiger partial charge in [-0.2, -0.15) is 0 Å². The standard InChI is InChI=1S/C19H29N3O2/c1-2-18(15-21-8-1)24-17-3-11-22(12-4-17)16-5-13-23-19(14-16)6-9-20-10-7-19/h1-2,8,15-17,20H,3-7,9-14H2. The van der Waals surface area contributed by atoms with Gasteiger partial charge in [-0.15, -0.1) is 0 Å². The normalized spacial score (nSPS) is 28.8. The summed E-state index contributed by atoms with van der Waals surface area (Å²) < 4.78 is 12.3. The minimum atomic E-state index is 0.150. The first-order chi connectivity index (χ1) is 11.8. The summed E-state index contributed by atoms with van der Waals surface area (Å²) in [6, 6.07) is 4.63. The Hall–Kier alpha value is -1.17. The number of nitrogens with one attached hydrogen (secondary N) is 1. The van der Waals surface area contributed by atoms with Crippen LogP contribution in [0.15, 0.2) is 24.5 Å². The molecular weight excluding hydrogens is 302 g/mol. The van der Waals surface area contributed by atoms with Gasteiger partial charge >= 0.3 is 0 Å². The van der Waals surface area contributed by atoms with Gasteiger partial charge in [-0.3, -0.25) is 9.88 Å². The van der Waals surface area contributed by atoms with Gasteiger partial charge in [0, 0.05) is 31.9 Å². The summed E-state index contributed by atoms with van der Waals surface area (Å²) in [6.45, 7) is 5.42. The molecule has 1 N–H and O–H groups in total. The number of aromatic nitrogens is 1. The van der Waals surface area contributed by atoms with Gasteiger partial charge in [0.05, 0.1) is 11.8 Å². The third kappa shape index (κ3) is 3.73. The molecule has 0 aliphatic carbocycles. The molecule has 0 saturated carbocycles. The van der Waals surface area contributed by atoms with E-state index in [9.17, 15) is 0 Å². The van der Waals surface area contributed by atoms with Crippen LogP contribution in [-0.2, 0) is 4.74 Å². The summed E-state index contributed by atoms with van der Waals surface area (Å²) in [7, 11) is 0. The average molecular weight is 331 g/mol. The Bertz CT molecular complexity index is 505. The number of hydrogen-bond donors (Lipinski definition) is 1. The summed E-state index contributed by atoms with van der Waals surface area (Å²) in [6.07, 6.45) is 10.9. The van der Waals surface area contributed by atoms with Gasteiger partial charge in [-0.1, -0.05) is 0 Å². The summed E-state index contributed by atoms with van der Waals surface area (Å²) in [5.41, 5.74) is 0.150. The number of likely N-dealkylation sites (tertiary alicyclic amines) is 1. The lowest BCUT2D eigenvalue weighted by atomic mass is 9.82. The highest BCUT2D eigenvalue weighted by Crippen LogP contribution is 2.36. The summed E-state index contributed by atoms with van der Waals surface area (Å²) in [5, 5.41) is 3.46. The van der Waals surface area contributed by atoms with E-state index in [2.05, 4.69) is 15.2 Å². The average Bonchev–Trinajstić information content (AvgIpc) is 2.64. The molecule has 1 atom stereocenters. The van der Waals surface area contributed by atoms with Crippen molar-refractivity contribution in [1.29, 1.82) is 0 Å². The van der Waals surface area contributed by atoms with Crippen molar-refractivity contribution >= 4 is 0 Å². The molecule has 0 aromatic carbocycles. The first-order valence-electron chi connectivity index (χ1n) is 9.48. The van der Waals surface area contributed by atoms with E-state index in [-0.39, 0.29) is 5.60 Å². The van der Waals surface area contributed by atoms with Crippen molar-refractivity contribution in [3.05, 3.63) is 24.5 Å². The molecule has 1 spiro atoms. The number of pyridine rings is 1. The molecule has 3 aliphatic rings. The Balaban J connectivity index is 1.29. The smallest absolute Gasteiger partial charge is 0.137 e. The number of piperidine rings is 2. The second kappa shape index (κ2) is 7.38. The number of nitrogens with zero attached hydrogens (tertiary/aromatic N) is 2. The SMILES string of the molecule is c1cncc(OC2CCN(C3CCOC4(CCNCC4)C3)CC2)c1. The number of rotatable bonds is 3. The molecule has 0 bridgehead atoms. The third-order valence-corrected chi connectivity index (χ3v) is 5.91. The zero-order valence-electron chi connectivity index (χ0n) is 14.5. The molecule has 3 saturated heterocycles. The number of hydrogen-bond acceptors (Lipinski definition) is 5. The molecule has 1 aromatic rings. The van der Waals surface area contributed by atoms with Crippen molar-refractivity contribution in [3.8, 4) is 5.75 Å². The Kier molecular flexibility index (Phi) is 5.01. The maximum atomic E-state index is 6.23. The monoisotopic (exact) mass is 331 g/mol. The Morgan fingerprint density at radius 2 is 2.04 bits per heavy atom. The van der Waals surface area contributed by atoms with Gasteiger partial charge in [-0.05, 0) is 63.7 Å². The first-order valence-corrected chi connectivity index (χ1v) is 9.48. The van der Waals surface area contributed by atoms with Crippen LogP contribution in [0.4, 0.5) is 0 Å². The van der Waals surface area contributed by atoms with Crippen LogP contribution in [-0.4, -0.2) is 60.4 Å². The van der Waals surface area contributed by atoms with E-state index < -0.39 is 0 Å². The molecule has 0 amide bonds. The van der Waals surface area contributed by atoms with Crippen LogP contribution in [0.5, 0.6) is 5.75 Å². The number of ether oxygens (including phenoxy) is 2. The van der Waals surface area contributed by atoms with Gasteiger partial charge in [0.15, 0.2) is 0 Å². The lowest BCUT2D eigenvalue weighted by molar-refractivity contribution is -0.123. The zero-order valence-corrected chi connectivity index (χ0v) is 14.5. The topological polar surface area (TPSA) is 46.6 Å². The highest BCUT2D eigenvalue weighted by molar-refractivity contribution is 5.16. The Morgan fingerprint density at radius 1 is 1.21 bits per heavy atom. The molecule has 1 unspecified atom stereocenters. The molecule has 4 heterocycles. The largest absolute Gasteiger partial charge is 0.489 e. The van der Waals surface area contributed by atoms with Crippen LogP contribution in [0.25, 0.3) is 0 Å². The van der Waals surface area contributed by atoms with Crippen LogP contribution in [0.2, 0.25) is 0 Å². The van der Waals surface area contributed by atoms with Crippen molar-refractivity contribution in [2.75, 3.05) is 32.8 Å². The Labute approximate surface area is 144 Å². The van der Waals surface area contributed by atoms with Crippen LogP contribution in [0.1, 0.15) is 38.5 Å². The minimum absolute atomic E-state index is 0.150. The van der Waals surface area contributed by atoms with E-state index in [1.807, 2.05) is 18.3 Å². The minimum Gasteiger partial charge on any atom is -0.489 e. The predicted molar refractivity (Wildman–Crippen MR) is 93.3 cm³/mol. The second-order valence-electron chi connectivity index (χ2n) is 7.47. The van der Waals surface area contributed by atoms with Crippen molar-refractivity contribution < 1.29 is 9.47 Å². The van der Waals surface area contributed by atoms with Gasteiger partial charge in [0.1, 0.15) is 11.9 Å². The highest BCUT2D eigenvalue weighted by atomic mass is 16.5. The van der Waals surface area contributed by atoms with Gasteiger partial charge in [-0.25, -0.2) is 0 Å². The van der Waals surface area contributed by atoms with E-state index >= 15 is 0 Å². The van der Waals surface area contributed by atoms with Gasteiger partial charge in [0.2, 0.25) is 0 Å². The van der Waals surface area contributed by atoms with Crippen molar-refractivity contribution in [2.24, 2.45) is 0 Å². The zero-order chi connectivity index (χ0) is 16.2. The predicted octanol–water partition coefficient (Wildman–Crippen LogP) is 2.23. The highest BCUT2D eigenvalue weighted by Gasteiger charge is 2.40. The molecule has 24 heavy (non-hydrogen) atoms. The van der Waals surface area contributed by atoms with Crippen LogP contribution < -0.4 is 10.1 Å². The van der Waals surface area contributed by atoms with Crippen molar-refractivity contribution in [1.82, 2.24) is 15.2 Å². The fourth-order valence-corrected chi connectivity index (χ4v) is 4.51. The van der Waals surface area contributed by atoms with E-state index in [4.69, 9.17) is 9.47 Å². The molecule has 4 rings (SSSR count). The summed E-state index contributed by atoms with van der Waals surface area (Å²) >= 11 is 0. The van der Waals surface area contributed by atoms with E-state index in [0.717, 1.165) is 51.4 Å². The van der Waals surface area contributed by atoms with Crippen LogP contribution in [0.3, 0.4) is 0 Å². The van der Waals surface area contributed by atoms with Crippen molar-refractivity contribution in [2.45, 2.75) is 56.3 Å². The maximum Gasteiger partial charge on any atom is 0.137 e. The molecular formula is C19H29N3O2. The van der Waals surface area contributed by atoms with E-state index in [1.165, 1.54) is 25.7 Å². The quantitative estimate of drug-likeness (QED) is 0.920. The molecule has 3 fully saturated rings. The second-order valence-corrected chi connectivity index (χ2v) is 7.47. The molecule has 132 valence electrons. The van der Waals surface area contributed by atoms with Gasteiger partial charge in [0.25, 0.3) is 0 Å². The lowest BCUT2D eigenvalue weighted by Gasteiger charge is -2.48. The van der Waals surface area contributed by atoms with Crippen LogP contribution >= 0.6 is 0 Å². The molecule has 0 radical (unpaired) electrons.